The number of aryl methyl sites for hydroxylation is 1. The Bertz CT molecular complexity index is 525. The number of hydrogen-bond acceptors (Lipinski definition) is 2. The van der Waals surface area contributed by atoms with Gasteiger partial charge in [-0.15, -0.1) is 0 Å². The van der Waals surface area contributed by atoms with Crippen LogP contribution in [0.2, 0.25) is 0 Å². The third kappa shape index (κ3) is 2.61. The minimum Gasteiger partial charge on any atom is -0.367 e. The Morgan fingerprint density at radius 3 is 2.94 bits per heavy atom. The van der Waals surface area contributed by atoms with E-state index in [2.05, 4.69) is 29.2 Å². The molecule has 0 unspecified atom stereocenters. The minimum atomic E-state index is -0.121. The fraction of sp³-hybridized carbons (Fsp3) is 0.385. The van der Waals surface area contributed by atoms with Crippen molar-refractivity contribution in [1.29, 1.82) is 0 Å². The van der Waals surface area contributed by atoms with Crippen molar-refractivity contribution in [2.45, 2.75) is 27.3 Å². The monoisotopic (exact) mass is 246 g/mol. The van der Waals surface area contributed by atoms with Crippen molar-refractivity contribution in [2.75, 3.05) is 5.32 Å². The predicted octanol–water partition coefficient (Wildman–Crippen LogP) is 2.43. The van der Waals surface area contributed by atoms with Crippen LogP contribution in [0.5, 0.6) is 0 Å². The molecule has 0 atom stereocenters. The maximum atomic E-state index is 12.0. The van der Waals surface area contributed by atoms with Crippen molar-refractivity contribution in [1.82, 2.24) is 14.8 Å². The number of carbonyl (C=O) groups is 1. The lowest BCUT2D eigenvalue weighted by Crippen LogP contribution is -2.17. The van der Waals surface area contributed by atoms with Crippen molar-refractivity contribution in [3.8, 4) is 0 Å². The Morgan fingerprint density at radius 2 is 2.33 bits per heavy atom. The van der Waals surface area contributed by atoms with Gasteiger partial charge in [-0.2, -0.15) is 5.10 Å². The fourth-order valence-corrected chi connectivity index (χ4v) is 1.77. The molecule has 0 aliphatic heterocycles. The van der Waals surface area contributed by atoms with Gasteiger partial charge in [0.2, 0.25) is 0 Å². The topological polar surface area (TPSA) is 62.7 Å². The van der Waals surface area contributed by atoms with Crippen LogP contribution in [0.15, 0.2) is 24.7 Å². The molecule has 2 N–H and O–H groups in total. The molecule has 0 aliphatic carbocycles. The summed E-state index contributed by atoms with van der Waals surface area (Å²) in [4.78, 5) is 14.9. The molecule has 18 heavy (non-hydrogen) atoms. The van der Waals surface area contributed by atoms with Crippen molar-refractivity contribution in [2.24, 2.45) is 5.92 Å². The summed E-state index contributed by atoms with van der Waals surface area (Å²) in [5, 5.41) is 7.19. The second-order valence-electron chi connectivity index (χ2n) is 4.81. The molecule has 0 fully saturated rings. The summed E-state index contributed by atoms with van der Waals surface area (Å²) in [6, 6.07) is 1.74. The van der Waals surface area contributed by atoms with Gasteiger partial charge in [0, 0.05) is 24.5 Å². The van der Waals surface area contributed by atoms with Gasteiger partial charge in [-0.1, -0.05) is 13.8 Å². The maximum absolute atomic E-state index is 12.0. The van der Waals surface area contributed by atoms with Gasteiger partial charge in [0.25, 0.3) is 5.91 Å². The lowest BCUT2D eigenvalue weighted by atomic mass is 10.2. The molecule has 2 heterocycles. The summed E-state index contributed by atoms with van der Waals surface area (Å²) in [6.45, 7) is 6.97. The van der Waals surface area contributed by atoms with Crippen LogP contribution >= 0.6 is 0 Å². The zero-order valence-corrected chi connectivity index (χ0v) is 10.9. The van der Waals surface area contributed by atoms with Crippen LogP contribution in [0.4, 0.5) is 5.82 Å². The third-order valence-electron chi connectivity index (χ3n) is 2.65. The molecule has 2 aromatic rings. The lowest BCUT2D eigenvalue weighted by molar-refractivity contribution is 0.102. The molecular formula is C13H18N4O. The quantitative estimate of drug-likeness (QED) is 0.870. The highest BCUT2D eigenvalue weighted by Gasteiger charge is 2.13. The minimum absolute atomic E-state index is 0.121. The first-order valence-electron chi connectivity index (χ1n) is 6.04. The van der Waals surface area contributed by atoms with Gasteiger partial charge in [-0.25, -0.2) is 4.68 Å². The smallest absolute Gasteiger partial charge is 0.258 e. The van der Waals surface area contributed by atoms with Crippen molar-refractivity contribution < 1.29 is 4.79 Å². The Kier molecular flexibility index (Phi) is 3.50. The van der Waals surface area contributed by atoms with Crippen LogP contribution in [-0.4, -0.2) is 20.7 Å². The van der Waals surface area contributed by atoms with E-state index in [0.29, 0.717) is 11.5 Å². The van der Waals surface area contributed by atoms with E-state index in [4.69, 9.17) is 0 Å². The first-order chi connectivity index (χ1) is 8.58. The normalized spacial score (nSPS) is 10.9. The van der Waals surface area contributed by atoms with Crippen LogP contribution < -0.4 is 5.32 Å². The number of hydrogen-bond donors (Lipinski definition) is 2. The van der Waals surface area contributed by atoms with Crippen molar-refractivity contribution >= 4 is 11.7 Å². The number of rotatable bonds is 4. The Morgan fingerprint density at radius 1 is 1.56 bits per heavy atom. The van der Waals surface area contributed by atoms with E-state index in [-0.39, 0.29) is 5.91 Å². The van der Waals surface area contributed by atoms with E-state index in [1.165, 1.54) is 0 Å². The Balaban J connectivity index is 2.18. The maximum Gasteiger partial charge on any atom is 0.258 e. The highest BCUT2D eigenvalue weighted by Crippen LogP contribution is 2.16. The number of nitrogens with one attached hydrogen (secondary N) is 2. The van der Waals surface area contributed by atoms with Crippen LogP contribution in [-0.2, 0) is 6.54 Å². The number of nitrogens with zero attached hydrogens (tertiary/aromatic N) is 2. The summed E-state index contributed by atoms with van der Waals surface area (Å²) in [7, 11) is 0. The SMILES string of the molecule is Cc1cnn(CC(C)C)c1NC(=O)c1cc[nH]c1. The molecule has 0 radical (unpaired) electrons. The highest BCUT2D eigenvalue weighted by atomic mass is 16.1. The predicted molar refractivity (Wildman–Crippen MR) is 70.5 cm³/mol. The zero-order chi connectivity index (χ0) is 13.1. The second kappa shape index (κ2) is 5.08. The van der Waals surface area contributed by atoms with E-state index in [0.717, 1.165) is 17.9 Å². The largest absolute Gasteiger partial charge is 0.367 e. The molecule has 0 aromatic carbocycles. The number of carbonyl (C=O) groups excluding carboxylic acids is 1. The van der Waals surface area contributed by atoms with Gasteiger partial charge in [0.15, 0.2) is 0 Å². The van der Waals surface area contributed by atoms with E-state index in [1.54, 1.807) is 24.7 Å². The first-order valence-corrected chi connectivity index (χ1v) is 6.04. The molecule has 0 saturated heterocycles. The summed E-state index contributed by atoms with van der Waals surface area (Å²) < 4.78 is 1.84. The average molecular weight is 246 g/mol. The number of aromatic nitrogens is 3. The molecule has 2 rings (SSSR count). The van der Waals surface area contributed by atoms with Crippen molar-refractivity contribution in [3.63, 3.8) is 0 Å². The number of H-pyrrole nitrogens is 1. The molecule has 2 aromatic heterocycles. The van der Waals surface area contributed by atoms with Gasteiger partial charge < -0.3 is 10.3 Å². The fourth-order valence-electron chi connectivity index (χ4n) is 1.77. The number of anilines is 1. The van der Waals surface area contributed by atoms with Gasteiger partial charge in [-0.3, -0.25) is 4.79 Å². The Hall–Kier alpha value is -2.04. The molecule has 5 heteroatoms. The summed E-state index contributed by atoms with van der Waals surface area (Å²) in [5.41, 5.74) is 1.59. The number of amides is 1. The van der Waals surface area contributed by atoms with Gasteiger partial charge in [0.1, 0.15) is 5.82 Å². The van der Waals surface area contributed by atoms with Crippen LogP contribution in [0.25, 0.3) is 0 Å². The lowest BCUT2D eigenvalue weighted by Gasteiger charge is -2.11. The summed E-state index contributed by atoms with van der Waals surface area (Å²) in [5.74, 6) is 1.13. The molecular weight excluding hydrogens is 228 g/mol. The summed E-state index contributed by atoms with van der Waals surface area (Å²) in [6.07, 6.45) is 5.18. The molecule has 0 spiro atoms. The van der Waals surface area contributed by atoms with Crippen molar-refractivity contribution in [3.05, 3.63) is 35.8 Å². The highest BCUT2D eigenvalue weighted by molar-refractivity contribution is 6.04. The van der Waals surface area contributed by atoms with Gasteiger partial charge >= 0.3 is 0 Å². The molecule has 0 saturated carbocycles. The second-order valence-corrected chi connectivity index (χ2v) is 4.81. The van der Waals surface area contributed by atoms with E-state index >= 15 is 0 Å². The molecule has 0 bridgehead atoms. The molecule has 5 nitrogen and oxygen atoms in total. The average Bonchev–Trinajstić information content (AvgIpc) is 2.92. The van der Waals surface area contributed by atoms with E-state index in [9.17, 15) is 4.79 Å². The van der Waals surface area contributed by atoms with E-state index < -0.39 is 0 Å². The third-order valence-corrected chi connectivity index (χ3v) is 2.65. The van der Waals surface area contributed by atoms with Gasteiger partial charge in [-0.05, 0) is 18.9 Å². The Labute approximate surface area is 106 Å². The van der Waals surface area contributed by atoms with Gasteiger partial charge in [0.05, 0.1) is 11.8 Å². The molecule has 0 aliphatic rings. The standard InChI is InChI=1S/C13H18N4O/c1-9(2)8-17-12(10(3)6-15-17)16-13(18)11-4-5-14-7-11/h4-7,9,14H,8H2,1-3H3,(H,16,18). The first kappa shape index (κ1) is 12.4. The molecule has 1 amide bonds. The summed E-state index contributed by atoms with van der Waals surface area (Å²) >= 11 is 0. The van der Waals surface area contributed by atoms with E-state index in [1.807, 2.05) is 11.6 Å². The zero-order valence-electron chi connectivity index (χ0n) is 10.9. The molecule has 96 valence electrons. The van der Waals surface area contributed by atoms with Crippen LogP contribution in [0.1, 0.15) is 29.8 Å². The number of aromatic amines is 1. The van der Waals surface area contributed by atoms with Crippen LogP contribution in [0.3, 0.4) is 0 Å². The van der Waals surface area contributed by atoms with Crippen LogP contribution in [0, 0.1) is 12.8 Å².